The van der Waals surface area contributed by atoms with E-state index in [-0.39, 0.29) is 12.3 Å². The molecular formula is C14H12Cl2N2OS. The number of carbonyl (C=O) groups is 1. The number of hydrogen-bond acceptors (Lipinski definition) is 3. The number of thiazole rings is 1. The zero-order chi connectivity index (χ0) is 14.1. The normalized spacial score (nSPS) is 13.3. The van der Waals surface area contributed by atoms with Gasteiger partial charge in [-0.1, -0.05) is 29.3 Å². The predicted octanol–water partition coefficient (Wildman–Crippen LogP) is 4.12. The van der Waals surface area contributed by atoms with E-state index in [1.54, 1.807) is 29.5 Å². The van der Waals surface area contributed by atoms with Gasteiger partial charge in [0.25, 0.3) is 0 Å². The van der Waals surface area contributed by atoms with Gasteiger partial charge in [-0.2, -0.15) is 0 Å². The molecule has 0 fully saturated rings. The van der Waals surface area contributed by atoms with E-state index in [9.17, 15) is 4.79 Å². The lowest BCUT2D eigenvalue weighted by atomic mass is 10.1. The summed E-state index contributed by atoms with van der Waals surface area (Å²) in [5.41, 5.74) is 1.78. The third kappa shape index (κ3) is 2.82. The molecule has 0 saturated heterocycles. The second kappa shape index (κ2) is 5.72. The van der Waals surface area contributed by atoms with Gasteiger partial charge in [-0.05, 0) is 37.0 Å². The second-order valence-corrected chi connectivity index (χ2v) is 6.57. The number of aryl methyl sites for hydroxylation is 2. The lowest BCUT2D eigenvalue weighted by molar-refractivity contribution is -0.115. The lowest BCUT2D eigenvalue weighted by Crippen LogP contribution is -2.14. The first-order chi connectivity index (χ1) is 9.63. The molecule has 0 aliphatic heterocycles. The van der Waals surface area contributed by atoms with Crippen LogP contribution in [-0.4, -0.2) is 10.9 Å². The maximum atomic E-state index is 12.1. The number of nitrogens with zero attached hydrogens (tertiary/aromatic N) is 1. The van der Waals surface area contributed by atoms with Crippen molar-refractivity contribution in [2.75, 3.05) is 5.32 Å². The maximum absolute atomic E-state index is 12.1. The maximum Gasteiger partial charge on any atom is 0.230 e. The Morgan fingerprint density at radius 2 is 2.05 bits per heavy atom. The summed E-state index contributed by atoms with van der Waals surface area (Å²) in [6, 6.07) is 5.22. The van der Waals surface area contributed by atoms with E-state index >= 15 is 0 Å². The van der Waals surface area contributed by atoms with E-state index in [4.69, 9.17) is 23.2 Å². The first kappa shape index (κ1) is 13.9. The van der Waals surface area contributed by atoms with Gasteiger partial charge in [0, 0.05) is 14.9 Å². The molecule has 1 N–H and O–H groups in total. The molecule has 0 spiro atoms. The molecule has 0 atom stereocenters. The van der Waals surface area contributed by atoms with Gasteiger partial charge in [0.2, 0.25) is 5.91 Å². The van der Waals surface area contributed by atoms with Crippen molar-refractivity contribution in [2.45, 2.75) is 25.7 Å². The molecule has 1 amide bonds. The van der Waals surface area contributed by atoms with Crippen LogP contribution in [0.2, 0.25) is 10.0 Å². The highest BCUT2D eigenvalue weighted by Gasteiger charge is 2.18. The zero-order valence-electron chi connectivity index (χ0n) is 10.6. The largest absolute Gasteiger partial charge is 0.302 e. The van der Waals surface area contributed by atoms with Gasteiger partial charge in [-0.15, -0.1) is 11.3 Å². The van der Waals surface area contributed by atoms with Gasteiger partial charge >= 0.3 is 0 Å². The number of halogens is 2. The van der Waals surface area contributed by atoms with Gasteiger partial charge in [0.05, 0.1) is 12.1 Å². The van der Waals surface area contributed by atoms with E-state index in [1.165, 1.54) is 4.88 Å². The third-order valence-electron chi connectivity index (χ3n) is 3.24. The quantitative estimate of drug-likeness (QED) is 0.921. The van der Waals surface area contributed by atoms with E-state index in [0.717, 1.165) is 25.0 Å². The lowest BCUT2D eigenvalue weighted by Gasteiger charge is -2.06. The first-order valence-corrected chi connectivity index (χ1v) is 7.92. The van der Waals surface area contributed by atoms with Crippen LogP contribution in [0.4, 0.5) is 5.13 Å². The van der Waals surface area contributed by atoms with Crippen LogP contribution in [0.15, 0.2) is 18.2 Å². The molecule has 3 nitrogen and oxygen atoms in total. The van der Waals surface area contributed by atoms with Crippen molar-refractivity contribution in [3.63, 3.8) is 0 Å². The average Bonchev–Trinajstić information content (AvgIpc) is 2.94. The van der Waals surface area contributed by atoms with Gasteiger partial charge in [-0.3, -0.25) is 4.79 Å². The average molecular weight is 327 g/mol. The summed E-state index contributed by atoms with van der Waals surface area (Å²) in [6.07, 6.45) is 3.40. The van der Waals surface area contributed by atoms with E-state index in [0.29, 0.717) is 20.7 Å². The summed E-state index contributed by atoms with van der Waals surface area (Å²) >= 11 is 13.7. The summed E-state index contributed by atoms with van der Waals surface area (Å²) in [5, 5.41) is 4.51. The Kier molecular flexibility index (Phi) is 3.96. The molecule has 1 heterocycles. The number of fused-ring (bicyclic) bond motifs is 1. The Hall–Kier alpha value is -1.10. The number of anilines is 1. The number of rotatable bonds is 3. The Morgan fingerprint density at radius 1 is 1.30 bits per heavy atom. The number of benzene rings is 1. The van der Waals surface area contributed by atoms with Gasteiger partial charge in [-0.25, -0.2) is 4.98 Å². The van der Waals surface area contributed by atoms with E-state index < -0.39 is 0 Å². The Labute approximate surface area is 130 Å². The number of hydrogen-bond donors (Lipinski definition) is 1. The number of carbonyl (C=O) groups excluding carboxylic acids is 1. The summed E-state index contributed by atoms with van der Waals surface area (Å²) in [5.74, 6) is -0.146. The fourth-order valence-electron chi connectivity index (χ4n) is 2.27. The van der Waals surface area contributed by atoms with Crippen molar-refractivity contribution in [1.29, 1.82) is 0 Å². The highest BCUT2D eigenvalue weighted by molar-refractivity contribution is 7.15. The summed E-state index contributed by atoms with van der Waals surface area (Å²) in [6.45, 7) is 0. The van der Waals surface area contributed by atoms with Crippen LogP contribution in [-0.2, 0) is 24.1 Å². The molecule has 0 radical (unpaired) electrons. The van der Waals surface area contributed by atoms with Crippen molar-refractivity contribution >= 4 is 45.6 Å². The standard InChI is InChI=1S/C14H12Cl2N2OS/c15-9-3-1-4-10(16)8(9)7-13(19)18-14-17-11-5-2-6-12(11)20-14/h1,3-4H,2,5-7H2,(H,17,18,19). The Balaban J connectivity index is 1.70. The SMILES string of the molecule is O=C(Cc1c(Cl)cccc1Cl)Nc1nc2c(s1)CCC2. The molecule has 2 aromatic rings. The van der Waals surface area contributed by atoms with Crippen LogP contribution in [0.5, 0.6) is 0 Å². The number of nitrogens with one attached hydrogen (secondary N) is 1. The molecule has 1 aromatic heterocycles. The molecule has 1 aliphatic rings. The van der Waals surface area contributed by atoms with E-state index in [1.807, 2.05) is 0 Å². The molecule has 1 aliphatic carbocycles. The third-order valence-corrected chi connectivity index (χ3v) is 5.02. The molecule has 6 heteroatoms. The smallest absolute Gasteiger partial charge is 0.230 e. The van der Waals surface area contributed by atoms with Crippen molar-refractivity contribution < 1.29 is 4.79 Å². The molecule has 1 aromatic carbocycles. The van der Waals surface area contributed by atoms with Crippen LogP contribution < -0.4 is 5.32 Å². The van der Waals surface area contributed by atoms with Crippen molar-refractivity contribution in [2.24, 2.45) is 0 Å². The van der Waals surface area contributed by atoms with Gasteiger partial charge in [0.1, 0.15) is 0 Å². The molecule has 20 heavy (non-hydrogen) atoms. The van der Waals surface area contributed by atoms with Crippen molar-refractivity contribution in [1.82, 2.24) is 4.98 Å². The molecule has 3 rings (SSSR count). The number of amides is 1. The van der Waals surface area contributed by atoms with Crippen LogP contribution in [0.1, 0.15) is 22.6 Å². The summed E-state index contributed by atoms with van der Waals surface area (Å²) in [7, 11) is 0. The van der Waals surface area contributed by atoms with Crippen LogP contribution >= 0.6 is 34.5 Å². The van der Waals surface area contributed by atoms with Crippen molar-refractivity contribution in [3.8, 4) is 0 Å². The topological polar surface area (TPSA) is 42.0 Å². The fraction of sp³-hybridized carbons (Fsp3) is 0.286. The van der Waals surface area contributed by atoms with Crippen LogP contribution in [0.3, 0.4) is 0 Å². The summed E-state index contributed by atoms with van der Waals surface area (Å²) < 4.78 is 0. The minimum atomic E-state index is -0.146. The minimum Gasteiger partial charge on any atom is -0.302 e. The number of aromatic nitrogens is 1. The van der Waals surface area contributed by atoms with Crippen LogP contribution in [0, 0.1) is 0 Å². The second-order valence-electron chi connectivity index (χ2n) is 4.67. The highest BCUT2D eigenvalue weighted by Crippen LogP contribution is 2.31. The monoisotopic (exact) mass is 326 g/mol. The Morgan fingerprint density at radius 3 is 2.75 bits per heavy atom. The molecule has 104 valence electrons. The van der Waals surface area contributed by atoms with Crippen LogP contribution in [0.25, 0.3) is 0 Å². The minimum absolute atomic E-state index is 0.146. The predicted molar refractivity (Wildman–Crippen MR) is 82.9 cm³/mol. The molecule has 0 unspecified atom stereocenters. The van der Waals surface area contributed by atoms with Crippen molar-refractivity contribution in [3.05, 3.63) is 44.4 Å². The Bertz CT molecular complexity index is 627. The van der Waals surface area contributed by atoms with E-state index in [2.05, 4.69) is 10.3 Å². The molecule has 0 bridgehead atoms. The summed E-state index contributed by atoms with van der Waals surface area (Å²) in [4.78, 5) is 17.8. The highest BCUT2D eigenvalue weighted by atomic mass is 35.5. The molecule has 0 saturated carbocycles. The van der Waals surface area contributed by atoms with Gasteiger partial charge < -0.3 is 5.32 Å². The zero-order valence-corrected chi connectivity index (χ0v) is 12.9. The molecular weight excluding hydrogens is 315 g/mol. The van der Waals surface area contributed by atoms with Gasteiger partial charge in [0.15, 0.2) is 5.13 Å². The fourth-order valence-corrected chi connectivity index (χ4v) is 3.87. The first-order valence-electron chi connectivity index (χ1n) is 6.35.